The molecule has 0 saturated heterocycles. The number of amidine groups is 1. The molecule has 1 atom stereocenters. The van der Waals surface area contributed by atoms with Crippen LogP contribution in [-0.4, -0.2) is 67.7 Å². The number of carbonyl (C=O) groups excluding carboxylic acids is 3. The van der Waals surface area contributed by atoms with Gasteiger partial charge in [0.15, 0.2) is 12.5 Å². The number of nitrogens with one attached hydrogen (secondary N) is 2. The van der Waals surface area contributed by atoms with E-state index >= 15 is 0 Å². The Bertz CT molecular complexity index is 1690. The van der Waals surface area contributed by atoms with Crippen molar-refractivity contribution in [2.45, 2.75) is 65.7 Å². The first-order valence-electron chi connectivity index (χ1n) is 18.5. The summed E-state index contributed by atoms with van der Waals surface area (Å²) in [6.07, 6.45) is 5.11. The number of anilines is 1. The lowest BCUT2D eigenvalue weighted by molar-refractivity contribution is -0.129. The van der Waals surface area contributed by atoms with E-state index in [0.717, 1.165) is 79.6 Å². The number of hydrogen-bond donors (Lipinski definition) is 3. The van der Waals surface area contributed by atoms with E-state index in [0.29, 0.717) is 49.2 Å². The van der Waals surface area contributed by atoms with Gasteiger partial charge in [-0.25, -0.2) is 4.99 Å². The molecule has 2 amide bonds. The number of aryl methyl sites for hydroxylation is 1. The van der Waals surface area contributed by atoms with Gasteiger partial charge in [0.2, 0.25) is 5.91 Å². The van der Waals surface area contributed by atoms with Gasteiger partial charge in [0.1, 0.15) is 5.78 Å². The number of carbonyl (C=O) groups is 3. The molecule has 3 aromatic rings. The van der Waals surface area contributed by atoms with Crippen molar-refractivity contribution in [3.8, 4) is 11.1 Å². The molecule has 1 fully saturated rings. The van der Waals surface area contributed by atoms with Crippen LogP contribution >= 0.6 is 0 Å². The molecule has 0 unspecified atom stereocenters. The number of hydrogen-bond acceptors (Lipinski definition) is 8. The Balaban J connectivity index is 1.26. The first kappa shape index (κ1) is 37.7. The quantitative estimate of drug-likeness (QED) is 0.133. The van der Waals surface area contributed by atoms with E-state index in [1.807, 2.05) is 73.7 Å². The number of nitrogens with two attached hydrogens (primary N) is 1. The van der Waals surface area contributed by atoms with Gasteiger partial charge in [0.05, 0.1) is 0 Å². The number of amides is 2. The Kier molecular flexibility index (Phi) is 13.8. The predicted molar refractivity (Wildman–Crippen MR) is 204 cm³/mol. The standard InChI is InChI=1S/C41H53N7O3/c1-4-48(5-2)22-6-21-43-40(50)34-12-7-28(3)37(24-34)31-13-8-29(9-14-31)23-35(25-38(49)32-15-10-30(26-42)11-16-32)41(51)46-36-19-17-33(18-20-36)39-44-27-45-47-39/h7-9,12-14,17-20,24,30,32,35H,4-6,10-11,15-16,21-23,25-27,42H2,1-3H3,(H,43,50)(H,46,51)/t30?,32?,35-/m1/s1. The third kappa shape index (κ3) is 10.5. The molecule has 51 heavy (non-hydrogen) atoms. The number of rotatable bonds is 17. The van der Waals surface area contributed by atoms with Crippen LogP contribution in [-0.2, 0) is 16.0 Å². The Morgan fingerprint density at radius 1 is 0.922 bits per heavy atom. The van der Waals surface area contributed by atoms with Crippen molar-refractivity contribution in [3.63, 3.8) is 0 Å². The largest absolute Gasteiger partial charge is 0.352 e. The zero-order chi connectivity index (χ0) is 36.2. The first-order chi connectivity index (χ1) is 24.8. The lowest BCUT2D eigenvalue weighted by Gasteiger charge is -2.27. The van der Waals surface area contributed by atoms with Crippen molar-refractivity contribution in [2.24, 2.45) is 38.7 Å². The van der Waals surface area contributed by atoms with Gasteiger partial charge in [-0.3, -0.25) is 14.4 Å². The fraction of sp³-hybridized carbons (Fsp3) is 0.463. The second-order valence-corrected chi connectivity index (χ2v) is 13.8. The summed E-state index contributed by atoms with van der Waals surface area (Å²) in [5.74, 6) is 0.402. The maximum absolute atomic E-state index is 13.8. The molecule has 1 aliphatic carbocycles. The van der Waals surface area contributed by atoms with Gasteiger partial charge in [0.25, 0.3) is 5.91 Å². The van der Waals surface area contributed by atoms with Crippen molar-refractivity contribution < 1.29 is 14.4 Å². The Labute approximate surface area is 302 Å². The summed E-state index contributed by atoms with van der Waals surface area (Å²) in [6, 6.07) is 21.3. The highest BCUT2D eigenvalue weighted by atomic mass is 16.2. The SMILES string of the molecule is CCN(CC)CCCNC(=O)c1ccc(C)c(-c2ccc(C[C@H](CC(=O)C3CCC(CN)CC3)C(=O)Nc3ccc(C4=NCN=N4)cc3)cc2)c1. The van der Waals surface area contributed by atoms with Gasteiger partial charge in [0, 0.05) is 41.6 Å². The van der Waals surface area contributed by atoms with Crippen LogP contribution in [0.25, 0.3) is 11.1 Å². The Morgan fingerprint density at radius 3 is 2.27 bits per heavy atom. The molecule has 1 aliphatic heterocycles. The minimum Gasteiger partial charge on any atom is -0.352 e. The van der Waals surface area contributed by atoms with Crippen LogP contribution in [0, 0.1) is 24.7 Å². The molecule has 10 nitrogen and oxygen atoms in total. The highest BCUT2D eigenvalue weighted by Crippen LogP contribution is 2.32. The van der Waals surface area contributed by atoms with Crippen LogP contribution in [0.3, 0.4) is 0 Å². The molecule has 1 heterocycles. The lowest BCUT2D eigenvalue weighted by Crippen LogP contribution is -2.31. The van der Waals surface area contributed by atoms with E-state index in [4.69, 9.17) is 5.73 Å². The highest BCUT2D eigenvalue weighted by Gasteiger charge is 2.30. The molecule has 5 rings (SSSR count). The summed E-state index contributed by atoms with van der Waals surface area (Å²) in [6.45, 7) is 10.9. The molecule has 0 aromatic heterocycles. The molecule has 0 radical (unpaired) electrons. The number of nitrogens with zero attached hydrogens (tertiary/aromatic N) is 4. The molecule has 0 spiro atoms. The van der Waals surface area contributed by atoms with E-state index in [1.54, 1.807) is 0 Å². The smallest absolute Gasteiger partial charge is 0.251 e. The summed E-state index contributed by atoms with van der Waals surface area (Å²) < 4.78 is 0. The number of azo groups is 1. The highest BCUT2D eigenvalue weighted by molar-refractivity contribution is 6.01. The number of benzene rings is 3. The van der Waals surface area contributed by atoms with Gasteiger partial charge in [-0.1, -0.05) is 44.2 Å². The van der Waals surface area contributed by atoms with E-state index in [9.17, 15) is 14.4 Å². The van der Waals surface area contributed by atoms with E-state index < -0.39 is 5.92 Å². The summed E-state index contributed by atoms with van der Waals surface area (Å²) in [5, 5.41) is 14.1. The second kappa shape index (κ2) is 18.6. The zero-order valence-corrected chi connectivity index (χ0v) is 30.4. The molecule has 3 aromatic carbocycles. The van der Waals surface area contributed by atoms with E-state index in [-0.39, 0.29) is 29.9 Å². The third-order valence-corrected chi connectivity index (χ3v) is 10.4. The fourth-order valence-electron chi connectivity index (χ4n) is 7.04. The minimum atomic E-state index is -0.529. The van der Waals surface area contributed by atoms with Crippen LogP contribution in [0.5, 0.6) is 0 Å². The monoisotopic (exact) mass is 691 g/mol. The summed E-state index contributed by atoms with van der Waals surface area (Å²) in [4.78, 5) is 47.0. The van der Waals surface area contributed by atoms with E-state index in [2.05, 4.69) is 44.6 Å². The average Bonchev–Trinajstić information content (AvgIpc) is 3.71. The molecule has 1 saturated carbocycles. The molecular weight excluding hydrogens is 638 g/mol. The molecule has 2 aliphatic rings. The van der Waals surface area contributed by atoms with Crippen LogP contribution in [0.1, 0.15) is 79.4 Å². The van der Waals surface area contributed by atoms with Crippen LogP contribution in [0.15, 0.2) is 82.0 Å². The molecule has 0 bridgehead atoms. The van der Waals surface area contributed by atoms with Crippen molar-refractivity contribution in [1.82, 2.24) is 10.2 Å². The maximum atomic E-state index is 13.8. The summed E-state index contributed by atoms with van der Waals surface area (Å²) >= 11 is 0. The maximum Gasteiger partial charge on any atom is 0.251 e. The predicted octanol–water partition coefficient (Wildman–Crippen LogP) is 6.82. The zero-order valence-electron chi connectivity index (χ0n) is 30.4. The van der Waals surface area contributed by atoms with Crippen molar-refractivity contribution >= 4 is 29.1 Å². The van der Waals surface area contributed by atoms with Gasteiger partial charge in [-0.15, -0.1) is 5.11 Å². The molecule has 10 heteroatoms. The van der Waals surface area contributed by atoms with Crippen molar-refractivity contribution in [2.75, 3.05) is 44.7 Å². The van der Waals surface area contributed by atoms with Gasteiger partial charge in [-0.2, -0.15) is 5.11 Å². The van der Waals surface area contributed by atoms with Crippen molar-refractivity contribution in [3.05, 3.63) is 89.0 Å². The number of ketones is 1. The van der Waals surface area contributed by atoms with Crippen LogP contribution < -0.4 is 16.4 Å². The molecular formula is C41H53N7O3. The first-order valence-corrected chi connectivity index (χ1v) is 18.5. The number of Topliss-reactive ketones (excluding diaryl/α,β-unsaturated/α-hetero) is 1. The van der Waals surface area contributed by atoms with Gasteiger partial charge >= 0.3 is 0 Å². The van der Waals surface area contributed by atoms with Crippen LogP contribution in [0.2, 0.25) is 0 Å². The Morgan fingerprint density at radius 2 is 1.63 bits per heavy atom. The summed E-state index contributed by atoms with van der Waals surface area (Å²) in [5.41, 5.74) is 12.0. The summed E-state index contributed by atoms with van der Waals surface area (Å²) in [7, 11) is 0. The van der Waals surface area contributed by atoms with Crippen LogP contribution in [0.4, 0.5) is 5.69 Å². The third-order valence-electron chi connectivity index (χ3n) is 10.4. The average molecular weight is 692 g/mol. The normalized spacial score (nSPS) is 17.6. The fourth-order valence-corrected chi connectivity index (χ4v) is 7.04. The molecule has 4 N–H and O–H groups in total. The Hall–Kier alpha value is -4.54. The van der Waals surface area contributed by atoms with Crippen molar-refractivity contribution in [1.29, 1.82) is 0 Å². The van der Waals surface area contributed by atoms with E-state index in [1.165, 1.54) is 0 Å². The lowest BCUT2D eigenvalue weighted by atomic mass is 9.77. The molecule has 270 valence electrons. The second-order valence-electron chi connectivity index (χ2n) is 13.8. The van der Waals surface area contributed by atoms with Gasteiger partial charge < -0.3 is 21.3 Å². The number of aliphatic imine (C=N–C) groups is 1. The topological polar surface area (TPSA) is 142 Å². The minimum absolute atomic E-state index is 0.0269. The van der Waals surface area contributed by atoms with Gasteiger partial charge in [-0.05, 0) is 136 Å².